The number of carbonyl (C=O) groups is 2. The molecule has 1 saturated heterocycles. The predicted molar refractivity (Wildman–Crippen MR) is 98.8 cm³/mol. The summed E-state index contributed by atoms with van der Waals surface area (Å²) < 4.78 is 13.1. The van der Waals surface area contributed by atoms with Gasteiger partial charge in [-0.25, -0.2) is 4.39 Å². The third kappa shape index (κ3) is 3.28. The molecular weight excluding hydrogens is 345 g/mol. The molecule has 27 heavy (non-hydrogen) atoms. The number of aliphatic hydroxyl groups is 1. The molecule has 1 spiro atoms. The van der Waals surface area contributed by atoms with Gasteiger partial charge in [0, 0.05) is 18.7 Å². The number of rotatable bonds is 4. The van der Waals surface area contributed by atoms with Crippen molar-refractivity contribution in [1.82, 2.24) is 4.90 Å². The molecule has 1 amide bonds. The molecule has 0 aromatic heterocycles. The molecule has 2 aromatic carbocycles. The summed E-state index contributed by atoms with van der Waals surface area (Å²) in [7, 11) is 0. The molecular formula is C22H22FNO3. The van der Waals surface area contributed by atoms with E-state index in [1.165, 1.54) is 17.7 Å². The number of amides is 1. The van der Waals surface area contributed by atoms with Gasteiger partial charge in [0.2, 0.25) is 5.91 Å². The first-order chi connectivity index (χ1) is 13.0. The Labute approximate surface area is 157 Å². The van der Waals surface area contributed by atoms with Crippen molar-refractivity contribution in [2.75, 3.05) is 13.2 Å². The van der Waals surface area contributed by atoms with Crippen molar-refractivity contribution in [3.63, 3.8) is 0 Å². The van der Waals surface area contributed by atoms with E-state index in [-0.39, 0.29) is 17.5 Å². The van der Waals surface area contributed by atoms with Crippen molar-refractivity contribution in [1.29, 1.82) is 0 Å². The van der Waals surface area contributed by atoms with Crippen LogP contribution in [0.25, 0.3) is 0 Å². The van der Waals surface area contributed by atoms with E-state index in [9.17, 15) is 14.0 Å². The van der Waals surface area contributed by atoms with Gasteiger partial charge in [0.25, 0.3) is 0 Å². The average molecular weight is 367 g/mol. The monoisotopic (exact) mass is 367 g/mol. The van der Waals surface area contributed by atoms with E-state index in [1.54, 1.807) is 18.2 Å². The third-order valence-electron chi connectivity index (χ3n) is 5.96. The van der Waals surface area contributed by atoms with Crippen molar-refractivity contribution < 1.29 is 19.1 Å². The molecule has 1 aliphatic carbocycles. The zero-order chi connectivity index (χ0) is 19.0. The Balaban J connectivity index is 1.54. The summed E-state index contributed by atoms with van der Waals surface area (Å²) >= 11 is 0. The maximum atomic E-state index is 13.2. The fraction of sp³-hybridized carbons (Fsp3) is 0.364. The average Bonchev–Trinajstić information content (AvgIpc) is 2.98. The van der Waals surface area contributed by atoms with Crippen LogP contribution in [-0.2, 0) is 24.2 Å². The summed E-state index contributed by atoms with van der Waals surface area (Å²) in [6, 6.07) is 11.8. The lowest BCUT2D eigenvalue weighted by Crippen LogP contribution is -2.38. The molecule has 4 nitrogen and oxygen atoms in total. The van der Waals surface area contributed by atoms with Crippen LogP contribution in [0.1, 0.15) is 39.9 Å². The summed E-state index contributed by atoms with van der Waals surface area (Å²) in [6.45, 7) is 0.686. The summed E-state index contributed by atoms with van der Waals surface area (Å²) in [5.41, 5.74) is 3.24. The third-order valence-corrected chi connectivity index (χ3v) is 5.96. The first kappa shape index (κ1) is 17.9. The van der Waals surface area contributed by atoms with Gasteiger partial charge in [-0.2, -0.15) is 0 Å². The Morgan fingerprint density at radius 2 is 1.89 bits per heavy atom. The SMILES string of the molecule is O=C(CO)c1ccc2c(c1)CC1(CC2)CCN(Cc2ccc(F)cc2)C1=O. The first-order valence-electron chi connectivity index (χ1n) is 9.30. The van der Waals surface area contributed by atoms with Crippen molar-refractivity contribution in [2.45, 2.75) is 32.2 Å². The van der Waals surface area contributed by atoms with E-state index in [2.05, 4.69) is 0 Å². The van der Waals surface area contributed by atoms with Crippen LogP contribution in [0.3, 0.4) is 0 Å². The lowest BCUT2D eigenvalue weighted by molar-refractivity contribution is -0.137. The fourth-order valence-electron chi connectivity index (χ4n) is 4.38. The van der Waals surface area contributed by atoms with Crippen molar-refractivity contribution in [3.8, 4) is 0 Å². The molecule has 1 unspecified atom stereocenters. The number of halogens is 1. The summed E-state index contributed by atoms with van der Waals surface area (Å²) in [4.78, 5) is 26.8. The van der Waals surface area contributed by atoms with Gasteiger partial charge in [-0.3, -0.25) is 9.59 Å². The van der Waals surface area contributed by atoms with Gasteiger partial charge >= 0.3 is 0 Å². The predicted octanol–water partition coefficient (Wildman–Crippen LogP) is 2.91. The van der Waals surface area contributed by atoms with Gasteiger partial charge in [0.15, 0.2) is 5.78 Å². The molecule has 0 radical (unpaired) electrons. The van der Waals surface area contributed by atoms with E-state index < -0.39 is 12.0 Å². The molecule has 2 aromatic rings. The Kier molecular flexibility index (Phi) is 4.56. The quantitative estimate of drug-likeness (QED) is 0.846. The summed E-state index contributed by atoms with van der Waals surface area (Å²) in [5, 5.41) is 9.10. The fourth-order valence-corrected chi connectivity index (χ4v) is 4.38. The number of likely N-dealkylation sites (tertiary alicyclic amines) is 1. The number of benzene rings is 2. The second-order valence-electron chi connectivity index (χ2n) is 7.63. The highest BCUT2D eigenvalue weighted by Crippen LogP contribution is 2.44. The van der Waals surface area contributed by atoms with Crippen molar-refractivity contribution in [3.05, 3.63) is 70.5 Å². The minimum Gasteiger partial charge on any atom is -0.388 e. The molecule has 4 rings (SSSR count). The van der Waals surface area contributed by atoms with Gasteiger partial charge in [0.05, 0.1) is 5.41 Å². The van der Waals surface area contributed by atoms with Crippen LogP contribution >= 0.6 is 0 Å². The lowest BCUT2D eigenvalue weighted by atomic mass is 9.70. The Hall–Kier alpha value is -2.53. The smallest absolute Gasteiger partial charge is 0.229 e. The number of aliphatic hydroxyl groups excluding tert-OH is 1. The van der Waals surface area contributed by atoms with Gasteiger partial charge in [-0.1, -0.05) is 24.3 Å². The minimum absolute atomic E-state index is 0.149. The summed E-state index contributed by atoms with van der Waals surface area (Å²) in [5.74, 6) is -0.426. The molecule has 0 bridgehead atoms. The van der Waals surface area contributed by atoms with E-state index in [0.29, 0.717) is 25.1 Å². The van der Waals surface area contributed by atoms with Crippen LogP contribution < -0.4 is 0 Å². The Morgan fingerprint density at radius 3 is 2.63 bits per heavy atom. The second-order valence-corrected chi connectivity index (χ2v) is 7.63. The van der Waals surface area contributed by atoms with Crippen LogP contribution in [0.4, 0.5) is 4.39 Å². The Morgan fingerprint density at radius 1 is 1.11 bits per heavy atom. The van der Waals surface area contributed by atoms with Gasteiger partial charge < -0.3 is 10.0 Å². The van der Waals surface area contributed by atoms with Crippen LogP contribution in [0.2, 0.25) is 0 Å². The van der Waals surface area contributed by atoms with Gasteiger partial charge in [0.1, 0.15) is 12.4 Å². The zero-order valence-corrected chi connectivity index (χ0v) is 15.1. The highest BCUT2D eigenvalue weighted by atomic mass is 19.1. The summed E-state index contributed by atoms with van der Waals surface area (Å²) in [6.07, 6.45) is 3.06. The topological polar surface area (TPSA) is 57.6 Å². The molecule has 1 N–H and O–H groups in total. The number of hydrogen-bond acceptors (Lipinski definition) is 3. The van der Waals surface area contributed by atoms with E-state index in [0.717, 1.165) is 30.4 Å². The first-order valence-corrected chi connectivity index (χ1v) is 9.30. The lowest BCUT2D eigenvalue weighted by Gasteiger charge is -2.33. The number of fused-ring (bicyclic) bond motifs is 1. The molecule has 5 heteroatoms. The van der Waals surface area contributed by atoms with Crippen LogP contribution in [0.5, 0.6) is 0 Å². The number of hydrogen-bond donors (Lipinski definition) is 1. The van der Waals surface area contributed by atoms with Crippen molar-refractivity contribution in [2.24, 2.45) is 5.41 Å². The zero-order valence-electron chi connectivity index (χ0n) is 15.1. The number of nitrogens with zero attached hydrogens (tertiary/aromatic N) is 1. The highest BCUT2D eigenvalue weighted by Gasteiger charge is 2.47. The number of carbonyl (C=O) groups excluding carboxylic acids is 2. The number of aryl methyl sites for hydroxylation is 1. The number of Topliss-reactive ketones (excluding diaryl/α,β-unsaturated/α-hetero) is 1. The van der Waals surface area contributed by atoms with Gasteiger partial charge in [-0.15, -0.1) is 0 Å². The molecule has 1 heterocycles. The van der Waals surface area contributed by atoms with Crippen LogP contribution in [0.15, 0.2) is 42.5 Å². The van der Waals surface area contributed by atoms with E-state index in [1.807, 2.05) is 17.0 Å². The van der Waals surface area contributed by atoms with E-state index >= 15 is 0 Å². The maximum Gasteiger partial charge on any atom is 0.229 e. The molecule has 0 saturated carbocycles. The van der Waals surface area contributed by atoms with Crippen molar-refractivity contribution >= 4 is 11.7 Å². The molecule has 1 aliphatic heterocycles. The standard InChI is InChI=1S/C22H22FNO3/c23-19-5-1-15(2-6-19)13-24-10-9-22(21(24)27)8-7-16-3-4-17(20(26)14-25)11-18(16)12-22/h1-6,11,25H,7-10,12-14H2. The molecule has 2 aliphatic rings. The largest absolute Gasteiger partial charge is 0.388 e. The molecule has 140 valence electrons. The Bertz CT molecular complexity index is 893. The maximum absolute atomic E-state index is 13.2. The van der Waals surface area contributed by atoms with Crippen LogP contribution in [-0.4, -0.2) is 34.8 Å². The van der Waals surface area contributed by atoms with Crippen LogP contribution in [0, 0.1) is 11.2 Å². The van der Waals surface area contributed by atoms with E-state index in [4.69, 9.17) is 5.11 Å². The normalized spacial score (nSPS) is 21.6. The second kappa shape index (κ2) is 6.89. The van der Waals surface area contributed by atoms with Gasteiger partial charge in [-0.05, 0) is 60.6 Å². The number of ketones is 1. The highest BCUT2D eigenvalue weighted by molar-refractivity contribution is 5.97. The molecule has 1 fully saturated rings. The molecule has 1 atom stereocenters. The minimum atomic E-state index is -0.506.